The summed E-state index contributed by atoms with van der Waals surface area (Å²) in [4.78, 5) is 19.9. The van der Waals surface area contributed by atoms with Crippen molar-refractivity contribution >= 4 is 73.0 Å². The van der Waals surface area contributed by atoms with Gasteiger partial charge in [0.15, 0.2) is 5.17 Å². The number of benzene rings is 3. The highest BCUT2D eigenvalue weighted by Gasteiger charge is 2.31. The first-order chi connectivity index (χ1) is 16.8. The van der Waals surface area contributed by atoms with Gasteiger partial charge in [0.05, 0.1) is 15.6 Å². The maximum absolute atomic E-state index is 13.4. The average Bonchev–Trinajstić information content (AvgIpc) is 3.26. The molecule has 1 fully saturated rings. The molecule has 176 valence electrons. The van der Waals surface area contributed by atoms with E-state index in [1.807, 2.05) is 37.3 Å². The van der Waals surface area contributed by atoms with Crippen molar-refractivity contribution in [1.82, 2.24) is 9.47 Å². The lowest BCUT2D eigenvalue weighted by Crippen LogP contribution is -2.23. The molecule has 0 atom stereocenters. The molecule has 0 aliphatic carbocycles. The summed E-state index contributed by atoms with van der Waals surface area (Å²) in [5.74, 6) is -0.358. The Bertz CT molecular complexity index is 1530. The van der Waals surface area contributed by atoms with Crippen LogP contribution in [0.25, 0.3) is 17.0 Å². The van der Waals surface area contributed by atoms with Gasteiger partial charge < -0.3 is 4.57 Å². The Morgan fingerprint density at radius 2 is 1.86 bits per heavy atom. The highest BCUT2D eigenvalue weighted by atomic mass is 79.9. The van der Waals surface area contributed by atoms with Crippen LogP contribution in [-0.4, -0.2) is 27.6 Å². The van der Waals surface area contributed by atoms with Crippen molar-refractivity contribution in [2.24, 2.45) is 4.99 Å². The molecule has 35 heavy (non-hydrogen) atoms. The molecule has 3 aromatic carbocycles. The molecule has 2 heterocycles. The Morgan fingerprint density at radius 1 is 1.11 bits per heavy atom. The Kier molecular flexibility index (Phi) is 6.57. The number of hydrogen-bond donors (Lipinski definition) is 0. The van der Waals surface area contributed by atoms with Crippen LogP contribution < -0.4 is 0 Å². The third-order valence-corrected chi connectivity index (χ3v) is 8.23. The molecule has 1 amide bonds. The molecule has 0 bridgehead atoms. The van der Waals surface area contributed by atoms with Gasteiger partial charge in [-0.25, -0.2) is 9.38 Å². The maximum Gasteiger partial charge on any atom is 0.266 e. The van der Waals surface area contributed by atoms with Crippen LogP contribution in [0.1, 0.15) is 16.8 Å². The number of thioether (sulfide) groups is 1. The van der Waals surface area contributed by atoms with Gasteiger partial charge in [-0.05, 0) is 82.7 Å². The first-order valence-electron chi connectivity index (χ1n) is 10.9. The summed E-state index contributed by atoms with van der Waals surface area (Å²) in [5.41, 5.74) is 4.75. The van der Waals surface area contributed by atoms with Crippen LogP contribution >= 0.6 is 39.3 Å². The van der Waals surface area contributed by atoms with Gasteiger partial charge in [0.2, 0.25) is 0 Å². The monoisotopic (exact) mass is 567 g/mol. The molecule has 0 saturated carbocycles. The Morgan fingerprint density at radius 3 is 2.60 bits per heavy atom. The number of nitrogens with zero attached hydrogens (tertiary/aromatic N) is 3. The molecule has 5 rings (SSSR count). The molecular weight excluding hydrogens is 549 g/mol. The quantitative estimate of drug-likeness (QED) is 0.236. The van der Waals surface area contributed by atoms with E-state index in [2.05, 4.69) is 37.6 Å². The van der Waals surface area contributed by atoms with Gasteiger partial charge in [0.1, 0.15) is 5.82 Å². The van der Waals surface area contributed by atoms with E-state index in [1.54, 1.807) is 30.1 Å². The number of aliphatic imine (C=N–C) groups is 1. The second-order valence-electron chi connectivity index (χ2n) is 8.20. The van der Waals surface area contributed by atoms with Gasteiger partial charge in [-0.2, -0.15) is 0 Å². The van der Waals surface area contributed by atoms with Crippen LogP contribution in [0.15, 0.2) is 81.1 Å². The number of rotatable bonds is 4. The molecule has 1 aliphatic heterocycles. The second-order valence-corrected chi connectivity index (χ2v) is 10.5. The molecule has 0 unspecified atom stereocenters. The SMILES string of the molecule is Cc1c(/C=C2/SC(=Nc3ccc(Br)c(Cl)c3)N(C)C2=O)c2ccccc2n1Cc1ccc(F)cc1. The largest absolute Gasteiger partial charge is 0.340 e. The zero-order valence-electron chi connectivity index (χ0n) is 18.9. The van der Waals surface area contributed by atoms with Gasteiger partial charge in [0, 0.05) is 40.2 Å². The zero-order chi connectivity index (χ0) is 24.7. The van der Waals surface area contributed by atoms with Gasteiger partial charge in [-0.3, -0.25) is 9.69 Å². The van der Waals surface area contributed by atoms with Crippen molar-refractivity contribution in [3.63, 3.8) is 0 Å². The summed E-state index contributed by atoms with van der Waals surface area (Å²) >= 11 is 10.9. The highest BCUT2D eigenvalue weighted by molar-refractivity contribution is 9.10. The Hall–Kier alpha value is -2.87. The van der Waals surface area contributed by atoms with Crippen molar-refractivity contribution in [2.75, 3.05) is 7.05 Å². The molecule has 8 heteroatoms. The summed E-state index contributed by atoms with van der Waals surface area (Å²) in [5, 5.41) is 2.21. The number of para-hydroxylation sites is 1. The number of fused-ring (bicyclic) bond motifs is 1. The van der Waals surface area contributed by atoms with Gasteiger partial charge >= 0.3 is 0 Å². The van der Waals surface area contributed by atoms with Crippen LogP contribution in [0.5, 0.6) is 0 Å². The molecule has 0 N–H and O–H groups in total. The molecule has 1 aromatic heterocycles. The van der Waals surface area contributed by atoms with E-state index in [0.717, 1.165) is 32.2 Å². The van der Waals surface area contributed by atoms with E-state index >= 15 is 0 Å². The van der Waals surface area contributed by atoms with E-state index in [-0.39, 0.29) is 11.7 Å². The number of halogens is 3. The fourth-order valence-corrected chi connectivity index (χ4v) is 5.45. The third kappa shape index (κ3) is 4.68. The predicted molar refractivity (Wildman–Crippen MR) is 147 cm³/mol. The van der Waals surface area contributed by atoms with Crippen LogP contribution in [0.4, 0.5) is 10.1 Å². The number of likely N-dealkylation sites (N-methyl/N-ethyl adjacent to an activating group) is 1. The van der Waals surface area contributed by atoms with E-state index in [1.165, 1.54) is 23.9 Å². The topological polar surface area (TPSA) is 37.6 Å². The molecule has 0 spiro atoms. The van der Waals surface area contributed by atoms with E-state index in [9.17, 15) is 9.18 Å². The lowest BCUT2D eigenvalue weighted by Gasteiger charge is -2.09. The summed E-state index contributed by atoms with van der Waals surface area (Å²) in [7, 11) is 1.72. The molecule has 4 aromatic rings. The minimum atomic E-state index is -0.253. The lowest BCUT2D eigenvalue weighted by molar-refractivity contribution is -0.121. The third-order valence-electron chi connectivity index (χ3n) is 5.94. The number of carbonyl (C=O) groups is 1. The second kappa shape index (κ2) is 9.64. The average molecular weight is 569 g/mol. The first kappa shape index (κ1) is 23.9. The molecule has 1 saturated heterocycles. The van der Waals surface area contributed by atoms with Crippen molar-refractivity contribution in [3.8, 4) is 0 Å². The number of amidine groups is 1. The first-order valence-corrected chi connectivity index (χ1v) is 12.8. The van der Waals surface area contributed by atoms with Crippen molar-refractivity contribution in [3.05, 3.63) is 104 Å². The van der Waals surface area contributed by atoms with Crippen LogP contribution in [-0.2, 0) is 11.3 Å². The minimum Gasteiger partial charge on any atom is -0.340 e. The predicted octanol–water partition coefficient (Wildman–Crippen LogP) is 7.79. The number of amides is 1. The standard InChI is InChI=1S/C27H20BrClFN3OS/c1-16-21(20-5-3-4-6-24(20)33(16)15-17-7-9-18(30)10-8-17)14-25-26(34)32(2)27(35-25)31-19-11-12-22(28)23(29)13-19/h3-14H,15H2,1-2H3/b25-14+,31-27?. The normalized spacial score (nSPS) is 16.3. The molecule has 0 radical (unpaired) electrons. The van der Waals surface area contributed by atoms with Gasteiger partial charge in [-0.15, -0.1) is 0 Å². The Labute approximate surface area is 220 Å². The summed E-state index contributed by atoms with van der Waals surface area (Å²) in [6, 6.07) is 20.1. The lowest BCUT2D eigenvalue weighted by atomic mass is 10.1. The van der Waals surface area contributed by atoms with Gasteiger partial charge in [0.25, 0.3) is 5.91 Å². The number of aromatic nitrogens is 1. The fraction of sp³-hybridized carbons (Fsp3) is 0.111. The van der Waals surface area contributed by atoms with E-state index in [0.29, 0.717) is 27.3 Å². The smallest absolute Gasteiger partial charge is 0.266 e. The number of carbonyl (C=O) groups excluding carboxylic acids is 1. The summed E-state index contributed by atoms with van der Waals surface area (Å²) in [6.45, 7) is 2.65. The summed E-state index contributed by atoms with van der Waals surface area (Å²) < 4.78 is 16.4. The molecule has 4 nitrogen and oxygen atoms in total. The van der Waals surface area contributed by atoms with Crippen LogP contribution in [0, 0.1) is 12.7 Å². The summed E-state index contributed by atoms with van der Waals surface area (Å²) in [6.07, 6.45) is 1.94. The van der Waals surface area contributed by atoms with Crippen LogP contribution in [0.3, 0.4) is 0 Å². The molecule has 1 aliphatic rings. The van der Waals surface area contributed by atoms with Gasteiger partial charge in [-0.1, -0.05) is 41.9 Å². The fourth-order valence-electron chi connectivity index (χ4n) is 4.06. The minimum absolute atomic E-state index is 0.105. The van der Waals surface area contributed by atoms with Crippen molar-refractivity contribution < 1.29 is 9.18 Å². The van der Waals surface area contributed by atoms with Crippen molar-refractivity contribution in [1.29, 1.82) is 0 Å². The zero-order valence-corrected chi connectivity index (χ0v) is 22.1. The van der Waals surface area contributed by atoms with Crippen LogP contribution in [0.2, 0.25) is 5.02 Å². The Balaban J connectivity index is 1.53. The maximum atomic E-state index is 13.4. The molecular formula is C27H20BrClFN3OS. The van der Waals surface area contributed by atoms with E-state index < -0.39 is 0 Å². The number of hydrogen-bond acceptors (Lipinski definition) is 3. The highest BCUT2D eigenvalue weighted by Crippen LogP contribution is 2.37. The van der Waals surface area contributed by atoms with Crippen molar-refractivity contribution in [2.45, 2.75) is 13.5 Å². The van der Waals surface area contributed by atoms with E-state index in [4.69, 9.17) is 11.6 Å².